The van der Waals surface area contributed by atoms with Crippen molar-refractivity contribution in [2.75, 3.05) is 39.4 Å². The van der Waals surface area contributed by atoms with Crippen molar-refractivity contribution in [1.82, 2.24) is 19.6 Å². The largest absolute Gasteiger partial charge is 0.490 e. The van der Waals surface area contributed by atoms with Gasteiger partial charge in [-0.3, -0.25) is 14.3 Å². The number of hydrogen-bond acceptors (Lipinski definition) is 5. The Balaban J connectivity index is 1.44. The summed E-state index contributed by atoms with van der Waals surface area (Å²) in [4.78, 5) is 30.1. The number of likely N-dealkylation sites (tertiary alicyclic amines) is 1. The number of piperidine rings is 1. The second-order valence-corrected chi connectivity index (χ2v) is 9.48. The molecule has 2 saturated heterocycles. The van der Waals surface area contributed by atoms with E-state index in [1.165, 1.54) is 6.42 Å². The predicted molar refractivity (Wildman–Crippen MR) is 129 cm³/mol. The first-order valence-electron chi connectivity index (χ1n) is 12.3. The quantitative estimate of drug-likeness (QED) is 0.595. The summed E-state index contributed by atoms with van der Waals surface area (Å²) in [6.45, 7) is 5.04. The summed E-state index contributed by atoms with van der Waals surface area (Å²) in [6, 6.07) is 9.55. The second-order valence-electron chi connectivity index (χ2n) is 9.48. The van der Waals surface area contributed by atoms with E-state index >= 15 is 0 Å². The molecular weight excluding hydrogens is 432 g/mol. The van der Waals surface area contributed by atoms with Crippen molar-refractivity contribution >= 4 is 11.8 Å². The second kappa shape index (κ2) is 11.0. The van der Waals surface area contributed by atoms with Gasteiger partial charge in [0.15, 0.2) is 0 Å². The number of carbonyl (C=O) groups excluding carboxylic acids is 2. The fraction of sp³-hybridized carbons (Fsp3) is 0.577. The lowest BCUT2D eigenvalue weighted by atomic mass is 9.95. The zero-order valence-electron chi connectivity index (χ0n) is 20.4. The molecule has 2 aliphatic rings. The van der Waals surface area contributed by atoms with Crippen molar-refractivity contribution in [3.8, 4) is 5.75 Å². The van der Waals surface area contributed by atoms with Crippen LogP contribution in [0.2, 0.25) is 0 Å². The Hall–Kier alpha value is -2.87. The van der Waals surface area contributed by atoms with Gasteiger partial charge in [-0.25, -0.2) is 0 Å². The highest BCUT2D eigenvalue weighted by Gasteiger charge is 2.42. The lowest BCUT2D eigenvalue weighted by Crippen LogP contribution is -2.58. The molecule has 0 radical (unpaired) electrons. The molecule has 0 saturated carbocycles. The van der Waals surface area contributed by atoms with Crippen LogP contribution in [0.3, 0.4) is 0 Å². The highest BCUT2D eigenvalue weighted by atomic mass is 16.5. The molecule has 2 fully saturated rings. The maximum absolute atomic E-state index is 13.2. The molecule has 1 unspecified atom stereocenters. The Morgan fingerprint density at radius 3 is 2.53 bits per heavy atom. The van der Waals surface area contributed by atoms with Gasteiger partial charge >= 0.3 is 0 Å². The van der Waals surface area contributed by atoms with E-state index in [1.807, 2.05) is 60.3 Å². The smallest absolute Gasteiger partial charge is 0.225 e. The fourth-order valence-corrected chi connectivity index (χ4v) is 4.86. The molecule has 34 heavy (non-hydrogen) atoms. The van der Waals surface area contributed by atoms with Gasteiger partial charge in [-0.1, -0.05) is 18.2 Å². The summed E-state index contributed by atoms with van der Waals surface area (Å²) < 4.78 is 14.1. The average molecular weight is 469 g/mol. The molecule has 1 aromatic heterocycles. The van der Waals surface area contributed by atoms with Crippen molar-refractivity contribution < 1.29 is 19.1 Å². The van der Waals surface area contributed by atoms with Gasteiger partial charge in [-0.15, -0.1) is 0 Å². The van der Waals surface area contributed by atoms with Gasteiger partial charge in [0.1, 0.15) is 18.0 Å². The first-order valence-corrected chi connectivity index (χ1v) is 12.3. The monoisotopic (exact) mass is 468 g/mol. The summed E-state index contributed by atoms with van der Waals surface area (Å²) in [5.74, 6) is 0.879. The fourth-order valence-electron chi connectivity index (χ4n) is 4.86. The van der Waals surface area contributed by atoms with Crippen molar-refractivity contribution in [2.24, 2.45) is 7.05 Å². The third-order valence-corrected chi connectivity index (χ3v) is 6.75. The molecule has 2 aliphatic heterocycles. The lowest BCUT2D eigenvalue weighted by molar-refractivity contribution is -0.166. The first kappa shape index (κ1) is 24.3. The van der Waals surface area contributed by atoms with Crippen LogP contribution in [-0.2, 0) is 27.8 Å². The topological polar surface area (TPSA) is 76.9 Å². The van der Waals surface area contributed by atoms with E-state index in [1.54, 1.807) is 4.68 Å². The van der Waals surface area contributed by atoms with Gasteiger partial charge in [0.2, 0.25) is 11.8 Å². The third-order valence-electron chi connectivity index (χ3n) is 6.75. The molecule has 4 rings (SSSR count). The first-order chi connectivity index (χ1) is 16.4. The maximum Gasteiger partial charge on any atom is 0.225 e. The van der Waals surface area contributed by atoms with E-state index in [0.29, 0.717) is 32.5 Å². The number of aromatic nitrogens is 2. The summed E-state index contributed by atoms with van der Waals surface area (Å²) in [5, 5.41) is 4.37. The highest BCUT2D eigenvalue weighted by molar-refractivity contribution is 5.79. The van der Waals surface area contributed by atoms with Crippen LogP contribution in [0, 0.1) is 6.92 Å². The number of rotatable bonds is 8. The van der Waals surface area contributed by atoms with Gasteiger partial charge in [0, 0.05) is 39.3 Å². The van der Waals surface area contributed by atoms with Crippen LogP contribution in [0.25, 0.3) is 0 Å². The van der Waals surface area contributed by atoms with Crippen LogP contribution in [0.5, 0.6) is 5.75 Å². The minimum Gasteiger partial charge on any atom is -0.490 e. The number of aryl methyl sites for hydroxylation is 3. The molecule has 1 aromatic carbocycles. The number of nitrogens with zero attached hydrogens (tertiary/aromatic N) is 4. The molecule has 1 atom stereocenters. The van der Waals surface area contributed by atoms with Crippen molar-refractivity contribution in [2.45, 2.75) is 51.0 Å². The van der Waals surface area contributed by atoms with Crippen molar-refractivity contribution in [3.05, 3.63) is 47.8 Å². The molecule has 8 nitrogen and oxygen atoms in total. The lowest BCUT2D eigenvalue weighted by Gasteiger charge is -2.43. The number of benzene rings is 1. The van der Waals surface area contributed by atoms with Crippen LogP contribution < -0.4 is 4.74 Å². The standard InChI is InChI=1S/C26H36N4O4/c1-21-22(18-28(2)27-21)11-12-24(31)30-15-16-34-26(19-30,20-33-23-9-5-3-6-10-23)17-25(32)29-13-7-4-8-14-29/h3,5-6,9-10,18H,4,7-8,11-17,19-20H2,1-2H3. The summed E-state index contributed by atoms with van der Waals surface area (Å²) in [6.07, 6.45) is 6.49. The summed E-state index contributed by atoms with van der Waals surface area (Å²) in [5.41, 5.74) is 1.18. The number of morpholine rings is 1. The molecule has 3 heterocycles. The van der Waals surface area contributed by atoms with Gasteiger partial charge in [-0.2, -0.15) is 5.10 Å². The van der Waals surface area contributed by atoms with Crippen LogP contribution in [0.1, 0.15) is 43.4 Å². The number of ether oxygens (including phenoxy) is 2. The Bertz CT molecular complexity index is 970. The normalized spacial score (nSPS) is 20.9. The Morgan fingerprint density at radius 1 is 1.06 bits per heavy atom. The molecule has 0 N–H and O–H groups in total. The molecule has 184 valence electrons. The predicted octanol–water partition coefficient (Wildman–Crippen LogP) is 2.74. The Morgan fingerprint density at radius 2 is 1.82 bits per heavy atom. The van der Waals surface area contributed by atoms with Crippen LogP contribution in [0.4, 0.5) is 0 Å². The van der Waals surface area contributed by atoms with E-state index in [-0.39, 0.29) is 24.8 Å². The van der Waals surface area contributed by atoms with Crippen molar-refractivity contribution in [3.63, 3.8) is 0 Å². The number of hydrogen-bond donors (Lipinski definition) is 0. The summed E-state index contributed by atoms with van der Waals surface area (Å²) in [7, 11) is 1.89. The molecule has 0 aliphatic carbocycles. The number of amides is 2. The van der Waals surface area contributed by atoms with Gasteiger partial charge in [0.05, 0.1) is 25.3 Å². The molecule has 2 aromatic rings. The van der Waals surface area contributed by atoms with Crippen LogP contribution in [0.15, 0.2) is 36.5 Å². The molecule has 8 heteroatoms. The molecular formula is C26H36N4O4. The van der Waals surface area contributed by atoms with E-state index in [0.717, 1.165) is 42.9 Å². The van der Waals surface area contributed by atoms with E-state index < -0.39 is 5.60 Å². The SMILES string of the molecule is Cc1nn(C)cc1CCC(=O)N1CCOC(COc2ccccc2)(CC(=O)N2CCCCC2)C1. The molecule has 2 amide bonds. The van der Waals surface area contributed by atoms with E-state index in [4.69, 9.17) is 9.47 Å². The Labute approximate surface area is 201 Å². The van der Waals surface area contributed by atoms with Gasteiger partial charge < -0.3 is 19.3 Å². The van der Waals surface area contributed by atoms with Crippen LogP contribution >= 0.6 is 0 Å². The minimum absolute atomic E-state index is 0.0704. The highest BCUT2D eigenvalue weighted by Crippen LogP contribution is 2.27. The number of para-hydroxylation sites is 1. The average Bonchev–Trinajstić information content (AvgIpc) is 3.19. The molecule has 0 spiro atoms. The van der Waals surface area contributed by atoms with E-state index in [2.05, 4.69) is 5.10 Å². The maximum atomic E-state index is 13.2. The number of carbonyl (C=O) groups is 2. The van der Waals surface area contributed by atoms with Crippen LogP contribution in [-0.4, -0.2) is 76.4 Å². The van der Waals surface area contributed by atoms with Gasteiger partial charge in [-0.05, 0) is 50.3 Å². The zero-order chi connectivity index (χ0) is 24.0. The third kappa shape index (κ3) is 6.17. The zero-order valence-corrected chi connectivity index (χ0v) is 20.4. The van der Waals surface area contributed by atoms with Crippen molar-refractivity contribution in [1.29, 1.82) is 0 Å². The Kier molecular flexibility index (Phi) is 7.88. The van der Waals surface area contributed by atoms with Gasteiger partial charge in [0.25, 0.3) is 0 Å². The van der Waals surface area contributed by atoms with E-state index in [9.17, 15) is 9.59 Å². The summed E-state index contributed by atoms with van der Waals surface area (Å²) >= 11 is 0. The minimum atomic E-state index is -0.859. The molecule has 0 bridgehead atoms.